The highest BCUT2D eigenvalue weighted by Gasteiger charge is 2.00. The Morgan fingerprint density at radius 2 is 2.15 bits per heavy atom. The number of hydrogen-bond donors (Lipinski definition) is 0. The molecule has 0 unspecified atom stereocenters. The number of ether oxygens (including phenoxy) is 1. The Bertz CT molecular complexity index is 169. The van der Waals surface area contributed by atoms with Crippen molar-refractivity contribution in [3.8, 4) is 0 Å². The monoisotopic (exact) mass is 187 g/mol. The molecular formula is C8H17N3O2. The molecule has 0 saturated carbocycles. The Labute approximate surface area is 78.8 Å². The van der Waals surface area contributed by atoms with Crippen LogP contribution in [-0.4, -0.2) is 51.6 Å². The molecule has 0 aliphatic heterocycles. The van der Waals surface area contributed by atoms with E-state index in [-0.39, 0.29) is 6.54 Å². The van der Waals surface area contributed by atoms with Gasteiger partial charge in [-0.05, 0) is 6.42 Å². The minimum atomic E-state index is 0.139. The summed E-state index contributed by atoms with van der Waals surface area (Å²) >= 11 is 0. The van der Waals surface area contributed by atoms with E-state index in [0.29, 0.717) is 19.0 Å². The molecule has 0 aromatic rings. The van der Waals surface area contributed by atoms with Crippen molar-refractivity contribution in [3.63, 3.8) is 0 Å². The van der Waals surface area contributed by atoms with Crippen LogP contribution in [0.4, 0.5) is 0 Å². The lowest BCUT2D eigenvalue weighted by Gasteiger charge is -2.12. The molecule has 0 aliphatic rings. The Hall–Kier alpha value is -0.970. The van der Waals surface area contributed by atoms with Gasteiger partial charge >= 0.3 is 0 Å². The molecule has 0 radical (unpaired) electrons. The number of amidine groups is 1. The second kappa shape index (κ2) is 7.67. The summed E-state index contributed by atoms with van der Waals surface area (Å²) in [6.45, 7) is 1.51. The quantitative estimate of drug-likeness (QED) is 0.267. The maximum atomic E-state index is 10.0. The first-order valence-electron chi connectivity index (χ1n) is 4.21. The van der Waals surface area contributed by atoms with Gasteiger partial charge in [0.05, 0.1) is 0 Å². The maximum Gasteiger partial charge on any atom is 0.138 e. The standard InChI is InChI=1S/C8H17N3O2/c1-11(2)8(7-10-12)9-5-4-6-13-3/h4-7H2,1-3H3. The summed E-state index contributed by atoms with van der Waals surface area (Å²) < 4.78 is 4.88. The van der Waals surface area contributed by atoms with E-state index in [2.05, 4.69) is 10.2 Å². The SMILES string of the molecule is COCCCN=C(CN=O)N(C)C. The van der Waals surface area contributed by atoms with Crippen molar-refractivity contribution in [2.45, 2.75) is 6.42 Å². The number of rotatable bonds is 6. The molecule has 0 rings (SSSR count). The number of hydrogen-bond acceptors (Lipinski definition) is 4. The molecule has 0 aliphatic carbocycles. The second-order valence-corrected chi connectivity index (χ2v) is 2.83. The van der Waals surface area contributed by atoms with Gasteiger partial charge in [0.25, 0.3) is 0 Å². The molecule has 0 atom stereocenters. The van der Waals surface area contributed by atoms with Crippen LogP contribution in [0.2, 0.25) is 0 Å². The van der Waals surface area contributed by atoms with Gasteiger partial charge in [0.2, 0.25) is 0 Å². The van der Waals surface area contributed by atoms with Crippen LogP contribution < -0.4 is 0 Å². The van der Waals surface area contributed by atoms with Gasteiger partial charge in [-0.3, -0.25) is 4.99 Å². The van der Waals surface area contributed by atoms with Crippen molar-refractivity contribution in [3.05, 3.63) is 4.91 Å². The van der Waals surface area contributed by atoms with E-state index in [0.717, 1.165) is 6.42 Å². The zero-order valence-corrected chi connectivity index (χ0v) is 8.49. The van der Waals surface area contributed by atoms with Crippen LogP contribution in [0.25, 0.3) is 0 Å². The summed E-state index contributed by atoms with van der Waals surface area (Å²) in [5.74, 6) is 0.714. The van der Waals surface area contributed by atoms with E-state index in [1.807, 2.05) is 14.1 Å². The van der Waals surface area contributed by atoms with Gasteiger partial charge in [-0.1, -0.05) is 5.18 Å². The molecule has 0 aromatic carbocycles. The summed E-state index contributed by atoms with van der Waals surface area (Å²) in [5.41, 5.74) is 0. The molecule has 0 amide bonds. The van der Waals surface area contributed by atoms with Gasteiger partial charge in [0.15, 0.2) is 0 Å². The summed E-state index contributed by atoms with van der Waals surface area (Å²) in [4.78, 5) is 16.0. The molecule has 13 heavy (non-hydrogen) atoms. The van der Waals surface area contributed by atoms with E-state index in [1.54, 1.807) is 12.0 Å². The van der Waals surface area contributed by atoms with Crippen molar-refractivity contribution in [1.82, 2.24) is 4.90 Å². The molecule has 5 heteroatoms. The molecule has 0 heterocycles. The summed E-state index contributed by atoms with van der Waals surface area (Å²) in [6.07, 6.45) is 0.868. The van der Waals surface area contributed by atoms with Crippen molar-refractivity contribution in [2.75, 3.05) is 40.9 Å². The third-order valence-electron chi connectivity index (χ3n) is 1.52. The van der Waals surface area contributed by atoms with Crippen molar-refractivity contribution >= 4 is 5.84 Å². The zero-order valence-electron chi connectivity index (χ0n) is 8.49. The number of likely N-dealkylation sites (N-methyl/N-ethyl adjacent to an activating group) is 1. The number of nitrogens with zero attached hydrogens (tertiary/aromatic N) is 3. The van der Waals surface area contributed by atoms with Gasteiger partial charge < -0.3 is 9.64 Å². The van der Waals surface area contributed by atoms with Gasteiger partial charge in [-0.25, -0.2) is 0 Å². The third-order valence-corrected chi connectivity index (χ3v) is 1.52. The van der Waals surface area contributed by atoms with Gasteiger partial charge in [-0.2, -0.15) is 4.91 Å². The topological polar surface area (TPSA) is 54.3 Å². The molecule has 0 fully saturated rings. The van der Waals surface area contributed by atoms with Crippen LogP contribution in [0.3, 0.4) is 0 Å². The number of aliphatic imine (C=N–C) groups is 1. The number of nitroso groups, excluding NO2 is 1. The van der Waals surface area contributed by atoms with Crippen LogP contribution in [0.1, 0.15) is 6.42 Å². The lowest BCUT2D eigenvalue weighted by Crippen LogP contribution is -2.25. The molecule has 5 nitrogen and oxygen atoms in total. The average molecular weight is 187 g/mol. The van der Waals surface area contributed by atoms with Crippen molar-refractivity contribution in [2.24, 2.45) is 10.2 Å². The van der Waals surface area contributed by atoms with Crippen LogP contribution in [0, 0.1) is 4.91 Å². The molecule has 0 saturated heterocycles. The summed E-state index contributed by atoms with van der Waals surface area (Å²) in [5, 5.41) is 2.80. The van der Waals surface area contributed by atoms with E-state index in [4.69, 9.17) is 4.74 Å². The highest BCUT2D eigenvalue weighted by atomic mass is 16.5. The lowest BCUT2D eigenvalue weighted by atomic mass is 10.4. The fourth-order valence-corrected chi connectivity index (χ4v) is 0.808. The van der Waals surface area contributed by atoms with E-state index >= 15 is 0 Å². The normalized spacial score (nSPS) is 11.5. The van der Waals surface area contributed by atoms with Crippen LogP contribution in [-0.2, 0) is 4.74 Å². The molecule has 0 aromatic heterocycles. The highest BCUT2D eigenvalue weighted by Crippen LogP contribution is 1.89. The Morgan fingerprint density at radius 1 is 1.46 bits per heavy atom. The first kappa shape index (κ1) is 12.0. The molecule has 0 N–H and O–H groups in total. The Kier molecular flexibility index (Phi) is 7.10. The predicted octanol–water partition coefficient (Wildman–Crippen LogP) is 0.749. The smallest absolute Gasteiger partial charge is 0.138 e. The summed E-state index contributed by atoms with van der Waals surface area (Å²) in [6, 6.07) is 0. The number of methoxy groups -OCH3 is 1. The van der Waals surface area contributed by atoms with Crippen molar-refractivity contribution < 1.29 is 4.74 Å². The second-order valence-electron chi connectivity index (χ2n) is 2.83. The fourth-order valence-electron chi connectivity index (χ4n) is 0.808. The maximum absolute atomic E-state index is 10.0. The molecule has 0 bridgehead atoms. The van der Waals surface area contributed by atoms with Crippen LogP contribution >= 0.6 is 0 Å². The minimum absolute atomic E-state index is 0.139. The first-order chi connectivity index (χ1) is 6.22. The van der Waals surface area contributed by atoms with Gasteiger partial charge in [0.1, 0.15) is 12.4 Å². The molecule has 0 spiro atoms. The van der Waals surface area contributed by atoms with Crippen molar-refractivity contribution in [1.29, 1.82) is 0 Å². The zero-order chi connectivity index (χ0) is 10.1. The van der Waals surface area contributed by atoms with E-state index in [9.17, 15) is 4.91 Å². The molecule has 76 valence electrons. The Balaban J connectivity index is 3.81. The van der Waals surface area contributed by atoms with E-state index < -0.39 is 0 Å². The van der Waals surface area contributed by atoms with Gasteiger partial charge in [0, 0.05) is 34.4 Å². The average Bonchev–Trinajstić information content (AvgIpc) is 2.10. The minimum Gasteiger partial charge on any atom is -0.385 e. The fraction of sp³-hybridized carbons (Fsp3) is 0.875. The lowest BCUT2D eigenvalue weighted by molar-refractivity contribution is 0.197. The van der Waals surface area contributed by atoms with Gasteiger partial charge in [-0.15, -0.1) is 0 Å². The molecular weight excluding hydrogens is 170 g/mol. The Morgan fingerprint density at radius 3 is 2.62 bits per heavy atom. The first-order valence-corrected chi connectivity index (χ1v) is 4.21. The van der Waals surface area contributed by atoms with E-state index in [1.165, 1.54) is 0 Å². The highest BCUT2D eigenvalue weighted by molar-refractivity contribution is 5.83. The third kappa shape index (κ3) is 6.21. The predicted molar refractivity (Wildman–Crippen MR) is 53.1 cm³/mol. The summed E-state index contributed by atoms with van der Waals surface area (Å²) in [7, 11) is 5.35. The van der Waals surface area contributed by atoms with Crippen LogP contribution in [0.5, 0.6) is 0 Å². The largest absolute Gasteiger partial charge is 0.385 e. The van der Waals surface area contributed by atoms with Crippen LogP contribution in [0.15, 0.2) is 10.2 Å².